The monoisotopic (exact) mass is 431 g/mol. The zero-order chi connectivity index (χ0) is 21.7. The average Bonchev–Trinajstić information content (AvgIpc) is 3.26. The van der Waals surface area contributed by atoms with Crippen molar-refractivity contribution in [1.82, 2.24) is 19.5 Å². The minimum atomic E-state index is -3.72. The standard InChI is InChI=1S/C19H21N5O5S/c1-27-14-6-8-17(16(11-14)28-2)30(20,26)23-18(25)15-7-5-13(19(22-15)29-3)12-24-10-4-9-21-24/h4-11H,12H2,1-3H3,(H2,20,23,25,26). The SMILES string of the molecule is COc1ccc(S(=N)(=O)NC(=O)c2ccc(Cn3cccn3)c(OC)n2)c(OC)c1. The van der Waals surface area contributed by atoms with Crippen LogP contribution in [0.1, 0.15) is 16.1 Å². The zero-order valence-electron chi connectivity index (χ0n) is 16.6. The molecule has 2 N–H and O–H groups in total. The molecule has 158 valence electrons. The predicted octanol–water partition coefficient (Wildman–Crippen LogP) is 2.10. The van der Waals surface area contributed by atoms with E-state index < -0.39 is 15.8 Å². The quantitative estimate of drug-likeness (QED) is 0.559. The van der Waals surface area contributed by atoms with Crippen molar-refractivity contribution in [2.24, 2.45) is 0 Å². The summed E-state index contributed by atoms with van der Waals surface area (Å²) < 4.78 is 40.6. The molecule has 0 fully saturated rings. The summed E-state index contributed by atoms with van der Waals surface area (Å²) in [5.74, 6) is 0.0829. The lowest BCUT2D eigenvalue weighted by Gasteiger charge is -2.14. The van der Waals surface area contributed by atoms with E-state index in [1.54, 1.807) is 29.2 Å². The van der Waals surface area contributed by atoms with Crippen LogP contribution in [-0.4, -0.2) is 46.2 Å². The molecule has 2 heterocycles. The molecule has 10 nitrogen and oxygen atoms in total. The second-order valence-electron chi connectivity index (χ2n) is 6.07. The van der Waals surface area contributed by atoms with Gasteiger partial charge in [-0.25, -0.2) is 14.0 Å². The Kier molecular flexibility index (Phi) is 6.21. The third kappa shape index (κ3) is 4.51. The molecule has 1 aromatic carbocycles. The molecule has 1 atom stereocenters. The fourth-order valence-electron chi connectivity index (χ4n) is 2.71. The fraction of sp³-hybridized carbons (Fsp3) is 0.211. The van der Waals surface area contributed by atoms with Crippen molar-refractivity contribution in [2.75, 3.05) is 21.3 Å². The topological polar surface area (TPSA) is 128 Å². The number of rotatable bonds is 8. The van der Waals surface area contributed by atoms with E-state index in [0.717, 1.165) is 0 Å². The van der Waals surface area contributed by atoms with Gasteiger partial charge in [-0.2, -0.15) is 5.10 Å². The fourth-order valence-corrected chi connectivity index (χ4v) is 3.87. The van der Waals surface area contributed by atoms with Gasteiger partial charge in [-0.1, -0.05) is 0 Å². The first-order valence-electron chi connectivity index (χ1n) is 8.72. The minimum Gasteiger partial charge on any atom is -0.497 e. The van der Waals surface area contributed by atoms with Crippen molar-refractivity contribution < 1.29 is 23.2 Å². The number of nitrogens with one attached hydrogen (secondary N) is 2. The Morgan fingerprint density at radius 3 is 2.60 bits per heavy atom. The highest BCUT2D eigenvalue weighted by molar-refractivity contribution is 7.91. The largest absolute Gasteiger partial charge is 0.497 e. The van der Waals surface area contributed by atoms with Crippen LogP contribution in [0.15, 0.2) is 53.7 Å². The van der Waals surface area contributed by atoms with E-state index in [1.165, 1.54) is 45.6 Å². The predicted molar refractivity (Wildman–Crippen MR) is 108 cm³/mol. The van der Waals surface area contributed by atoms with E-state index in [1.807, 2.05) is 0 Å². The maximum atomic E-state index is 12.9. The van der Waals surface area contributed by atoms with Crippen molar-refractivity contribution in [3.63, 3.8) is 0 Å². The molecule has 0 aliphatic heterocycles. The summed E-state index contributed by atoms with van der Waals surface area (Å²) >= 11 is 0. The maximum Gasteiger partial charge on any atom is 0.282 e. The van der Waals surface area contributed by atoms with Gasteiger partial charge in [-0.05, 0) is 30.3 Å². The number of pyridine rings is 1. The van der Waals surface area contributed by atoms with Crippen LogP contribution >= 0.6 is 0 Å². The summed E-state index contributed by atoms with van der Waals surface area (Å²) in [5, 5.41) is 4.13. The number of carbonyl (C=O) groups is 1. The van der Waals surface area contributed by atoms with E-state index in [2.05, 4.69) is 14.8 Å². The van der Waals surface area contributed by atoms with Crippen LogP contribution in [0.5, 0.6) is 17.4 Å². The van der Waals surface area contributed by atoms with Crippen LogP contribution < -0.4 is 18.9 Å². The summed E-state index contributed by atoms with van der Waals surface area (Å²) in [6, 6.07) is 9.36. The van der Waals surface area contributed by atoms with Crippen molar-refractivity contribution in [2.45, 2.75) is 11.4 Å². The van der Waals surface area contributed by atoms with Crippen LogP contribution in [0.25, 0.3) is 0 Å². The van der Waals surface area contributed by atoms with Gasteiger partial charge in [0, 0.05) is 24.0 Å². The second kappa shape index (κ2) is 8.82. The number of hydrogen-bond donors (Lipinski definition) is 2. The molecule has 1 amide bonds. The van der Waals surface area contributed by atoms with Gasteiger partial charge < -0.3 is 14.2 Å². The molecular weight excluding hydrogens is 410 g/mol. The van der Waals surface area contributed by atoms with E-state index in [9.17, 15) is 9.00 Å². The Bertz CT molecular complexity index is 1150. The third-order valence-corrected chi connectivity index (χ3v) is 5.60. The number of amides is 1. The lowest BCUT2D eigenvalue weighted by molar-refractivity contribution is 0.0976. The lowest BCUT2D eigenvalue weighted by atomic mass is 10.2. The van der Waals surface area contributed by atoms with Gasteiger partial charge in [-0.15, -0.1) is 0 Å². The van der Waals surface area contributed by atoms with Gasteiger partial charge in [0.15, 0.2) is 9.92 Å². The van der Waals surface area contributed by atoms with E-state index in [0.29, 0.717) is 17.9 Å². The lowest BCUT2D eigenvalue weighted by Crippen LogP contribution is -2.30. The Morgan fingerprint density at radius 1 is 1.17 bits per heavy atom. The van der Waals surface area contributed by atoms with E-state index in [-0.39, 0.29) is 22.2 Å². The van der Waals surface area contributed by atoms with Crippen LogP contribution in [0.4, 0.5) is 0 Å². The summed E-state index contributed by atoms with van der Waals surface area (Å²) in [6.45, 7) is 0.406. The molecule has 1 unspecified atom stereocenters. The van der Waals surface area contributed by atoms with E-state index >= 15 is 0 Å². The number of aromatic nitrogens is 3. The highest BCUT2D eigenvalue weighted by atomic mass is 32.2. The molecule has 3 rings (SSSR count). The van der Waals surface area contributed by atoms with Crippen molar-refractivity contribution in [3.05, 3.63) is 60.0 Å². The van der Waals surface area contributed by atoms with Gasteiger partial charge in [0.2, 0.25) is 5.88 Å². The van der Waals surface area contributed by atoms with Crippen molar-refractivity contribution in [1.29, 1.82) is 4.78 Å². The smallest absolute Gasteiger partial charge is 0.282 e. The molecular formula is C19H21N5O5S. The molecule has 0 saturated carbocycles. The average molecular weight is 431 g/mol. The van der Waals surface area contributed by atoms with Crippen LogP contribution in [-0.2, 0) is 16.5 Å². The summed E-state index contributed by atoms with van der Waals surface area (Å²) in [6.07, 6.45) is 3.44. The highest BCUT2D eigenvalue weighted by Crippen LogP contribution is 2.28. The molecule has 0 bridgehead atoms. The molecule has 0 aliphatic carbocycles. The first-order valence-corrected chi connectivity index (χ1v) is 10.3. The second-order valence-corrected chi connectivity index (χ2v) is 7.83. The van der Waals surface area contributed by atoms with Gasteiger partial charge in [0.1, 0.15) is 22.1 Å². The van der Waals surface area contributed by atoms with Gasteiger partial charge in [-0.3, -0.25) is 14.2 Å². The summed E-state index contributed by atoms with van der Waals surface area (Å²) in [4.78, 5) is 16.8. The summed E-state index contributed by atoms with van der Waals surface area (Å²) in [7, 11) is 0.567. The first kappa shape index (κ1) is 21.1. The van der Waals surface area contributed by atoms with E-state index in [4.69, 9.17) is 19.0 Å². The Labute approximate surface area is 173 Å². The maximum absolute atomic E-state index is 12.9. The van der Waals surface area contributed by atoms with Gasteiger partial charge in [0.25, 0.3) is 5.91 Å². The van der Waals surface area contributed by atoms with Crippen LogP contribution in [0, 0.1) is 4.78 Å². The van der Waals surface area contributed by atoms with Crippen LogP contribution in [0.3, 0.4) is 0 Å². The van der Waals surface area contributed by atoms with Crippen molar-refractivity contribution in [3.8, 4) is 17.4 Å². The zero-order valence-corrected chi connectivity index (χ0v) is 17.4. The number of nitrogens with zero attached hydrogens (tertiary/aromatic N) is 3. The number of methoxy groups -OCH3 is 3. The normalized spacial score (nSPS) is 12.6. The van der Waals surface area contributed by atoms with Gasteiger partial charge in [0.05, 0.1) is 27.9 Å². The third-order valence-electron chi connectivity index (χ3n) is 4.17. The minimum absolute atomic E-state index is 0.0152. The number of carbonyl (C=O) groups excluding carboxylic acids is 1. The molecule has 11 heteroatoms. The van der Waals surface area contributed by atoms with Crippen LogP contribution in [0.2, 0.25) is 0 Å². The highest BCUT2D eigenvalue weighted by Gasteiger charge is 2.22. The number of ether oxygens (including phenoxy) is 3. The van der Waals surface area contributed by atoms with Gasteiger partial charge >= 0.3 is 0 Å². The molecule has 3 aromatic rings. The number of benzene rings is 1. The summed E-state index contributed by atoms with van der Waals surface area (Å²) in [5.41, 5.74) is 0.671. The molecule has 0 spiro atoms. The first-order chi connectivity index (χ1) is 14.4. The van der Waals surface area contributed by atoms with Crippen molar-refractivity contribution >= 4 is 15.8 Å². The molecule has 30 heavy (non-hydrogen) atoms. The molecule has 0 radical (unpaired) electrons. The molecule has 2 aromatic heterocycles. The molecule has 0 aliphatic rings. The Morgan fingerprint density at radius 2 is 1.97 bits per heavy atom. The molecule has 0 saturated heterocycles. The Hall–Kier alpha value is -3.60. The number of hydrogen-bond acceptors (Lipinski definition) is 8. The Balaban J connectivity index is 1.84.